The second-order valence-corrected chi connectivity index (χ2v) is 9.11. The predicted octanol–water partition coefficient (Wildman–Crippen LogP) is 6.11. The Kier molecular flexibility index (Phi) is 6.79. The number of nitrogens with zero attached hydrogens (tertiary/aromatic N) is 4. The average Bonchev–Trinajstić information content (AvgIpc) is 3.62. The molecular formula is C25H23ClN4O2S. The van der Waals surface area contributed by atoms with Crippen LogP contribution in [0.25, 0.3) is 0 Å². The van der Waals surface area contributed by atoms with Crippen LogP contribution < -0.4 is 9.47 Å². The molecule has 2 aromatic carbocycles. The first-order valence-corrected chi connectivity index (χ1v) is 12.2. The fraction of sp³-hybridized carbons (Fsp3) is 0.240. The Labute approximate surface area is 201 Å². The maximum Gasteiger partial charge on any atom is 0.191 e. The zero-order valence-corrected chi connectivity index (χ0v) is 19.5. The minimum absolute atomic E-state index is 0.343. The van der Waals surface area contributed by atoms with Crippen molar-refractivity contribution in [3.05, 3.63) is 95.0 Å². The van der Waals surface area contributed by atoms with E-state index in [0.29, 0.717) is 30.0 Å². The molecule has 0 atom stereocenters. The van der Waals surface area contributed by atoms with Crippen LogP contribution in [0, 0.1) is 0 Å². The van der Waals surface area contributed by atoms with Crippen molar-refractivity contribution in [3.63, 3.8) is 0 Å². The summed E-state index contributed by atoms with van der Waals surface area (Å²) in [6, 6.07) is 21.9. The van der Waals surface area contributed by atoms with Gasteiger partial charge in [0.05, 0.1) is 10.7 Å². The Balaban J connectivity index is 1.19. The van der Waals surface area contributed by atoms with Crippen molar-refractivity contribution in [2.75, 3.05) is 0 Å². The molecule has 0 N–H and O–H groups in total. The third-order valence-corrected chi connectivity index (χ3v) is 6.57. The van der Waals surface area contributed by atoms with Gasteiger partial charge in [-0.2, -0.15) is 0 Å². The molecule has 2 aromatic heterocycles. The molecule has 0 saturated heterocycles. The lowest BCUT2D eigenvalue weighted by Crippen LogP contribution is -2.07. The number of aromatic nitrogens is 4. The van der Waals surface area contributed by atoms with Crippen LogP contribution in [-0.4, -0.2) is 19.7 Å². The van der Waals surface area contributed by atoms with E-state index in [4.69, 9.17) is 21.1 Å². The van der Waals surface area contributed by atoms with E-state index >= 15 is 0 Å². The number of thioether (sulfide) groups is 1. The highest BCUT2D eigenvalue weighted by atomic mass is 35.5. The van der Waals surface area contributed by atoms with Crippen LogP contribution in [0.4, 0.5) is 0 Å². The fourth-order valence-electron chi connectivity index (χ4n) is 3.38. The Morgan fingerprint density at radius 3 is 2.48 bits per heavy atom. The highest BCUT2D eigenvalue weighted by Gasteiger charge is 2.29. The van der Waals surface area contributed by atoms with E-state index in [1.807, 2.05) is 54.6 Å². The Bertz CT molecular complexity index is 1200. The third kappa shape index (κ3) is 5.67. The zero-order chi connectivity index (χ0) is 22.5. The van der Waals surface area contributed by atoms with E-state index in [1.54, 1.807) is 18.0 Å². The number of hydrogen-bond acceptors (Lipinski definition) is 6. The number of hydrogen-bond donors (Lipinski definition) is 0. The fourth-order valence-corrected chi connectivity index (χ4v) is 4.55. The molecule has 168 valence electrons. The summed E-state index contributed by atoms with van der Waals surface area (Å²) in [4.78, 5) is 4.28. The number of rotatable bonds is 10. The van der Waals surface area contributed by atoms with Crippen LogP contribution >= 0.6 is 23.4 Å². The lowest BCUT2D eigenvalue weighted by Gasteiger charge is -2.11. The van der Waals surface area contributed by atoms with Gasteiger partial charge in [0.15, 0.2) is 11.0 Å². The van der Waals surface area contributed by atoms with Crippen molar-refractivity contribution in [1.82, 2.24) is 19.7 Å². The number of ether oxygens (including phenoxy) is 2. The van der Waals surface area contributed by atoms with Crippen LogP contribution in [0.5, 0.6) is 11.5 Å². The minimum Gasteiger partial charge on any atom is -0.487 e. The molecule has 0 aliphatic heterocycles. The van der Waals surface area contributed by atoms with Crippen molar-refractivity contribution in [3.8, 4) is 11.5 Å². The summed E-state index contributed by atoms with van der Waals surface area (Å²) in [5.41, 5.74) is 2.11. The summed E-state index contributed by atoms with van der Waals surface area (Å²) >= 11 is 7.89. The molecule has 5 rings (SSSR count). The number of para-hydroxylation sites is 1. The Morgan fingerprint density at radius 1 is 0.909 bits per heavy atom. The highest BCUT2D eigenvalue weighted by Crippen LogP contribution is 2.39. The standard InChI is InChI=1S/C25H23ClN4O2S/c26-22-6-1-2-7-23(22)32-16-24-28-29-25(30(24)20-10-11-20)33-17-18-8-12-21(13-9-18)31-15-19-5-3-4-14-27-19/h1-9,12-14,20H,10-11,15-17H2. The molecule has 1 fully saturated rings. The van der Waals surface area contributed by atoms with Gasteiger partial charge < -0.3 is 9.47 Å². The molecule has 0 amide bonds. The van der Waals surface area contributed by atoms with E-state index in [9.17, 15) is 0 Å². The van der Waals surface area contributed by atoms with E-state index in [2.05, 4.69) is 31.9 Å². The topological polar surface area (TPSA) is 62.1 Å². The van der Waals surface area contributed by atoms with Crippen LogP contribution in [0.2, 0.25) is 5.02 Å². The highest BCUT2D eigenvalue weighted by molar-refractivity contribution is 7.98. The Hall–Kier alpha value is -3.03. The van der Waals surface area contributed by atoms with Gasteiger partial charge in [-0.15, -0.1) is 10.2 Å². The lowest BCUT2D eigenvalue weighted by molar-refractivity contribution is 0.288. The number of pyridine rings is 1. The Morgan fingerprint density at radius 2 is 1.73 bits per heavy atom. The maximum atomic E-state index is 6.21. The quantitative estimate of drug-likeness (QED) is 0.256. The lowest BCUT2D eigenvalue weighted by atomic mass is 10.2. The molecule has 8 heteroatoms. The molecule has 6 nitrogen and oxygen atoms in total. The first kappa shape index (κ1) is 21.8. The maximum absolute atomic E-state index is 6.21. The zero-order valence-electron chi connectivity index (χ0n) is 17.9. The van der Waals surface area contributed by atoms with Crippen LogP contribution in [-0.2, 0) is 19.0 Å². The SMILES string of the molecule is Clc1ccccc1OCc1nnc(SCc2ccc(OCc3ccccn3)cc2)n1C1CC1. The van der Waals surface area contributed by atoms with Crippen molar-refractivity contribution in [2.24, 2.45) is 0 Å². The summed E-state index contributed by atoms with van der Waals surface area (Å²) in [7, 11) is 0. The average molecular weight is 479 g/mol. The number of halogens is 1. The molecule has 1 saturated carbocycles. The molecular weight excluding hydrogens is 456 g/mol. The largest absolute Gasteiger partial charge is 0.487 e. The van der Waals surface area contributed by atoms with Crippen molar-refractivity contribution in [1.29, 1.82) is 0 Å². The minimum atomic E-state index is 0.343. The molecule has 1 aliphatic rings. The summed E-state index contributed by atoms with van der Waals surface area (Å²) in [6.45, 7) is 0.800. The summed E-state index contributed by atoms with van der Waals surface area (Å²) in [5, 5.41) is 10.4. The van der Waals surface area contributed by atoms with Gasteiger partial charge in [0.2, 0.25) is 0 Å². The van der Waals surface area contributed by atoms with Crippen LogP contribution in [0.3, 0.4) is 0 Å². The summed E-state index contributed by atoms with van der Waals surface area (Å²) in [6.07, 6.45) is 4.06. The van der Waals surface area contributed by atoms with Gasteiger partial charge in [0, 0.05) is 18.0 Å². The van der Waals surface area contributed by atoms with E-state index < -0.39 is 0 Å². The molecule has 4 aromatic rings. The van der Waals surface area contributed by atoms with Crippen molar-refractivity contribution in [2.45, 2.75) is 43.0 Å². The summed E-state index contributed by atoms with van der Waals surface area (Å²) in [5.74, 6) is 3.12. The molecule has 1 aliphatic carbocycles. The smallest absolute Gasteiger partial charge is 0.191 e. The summed E-state index contributed by atoms with van der Waals surface area (Å²) < 4.78 is 13.9. The van der Waals surface area contributed by atoms with E-state index in [-0.39, 0.29) is 0 Å². The van der Waals surface area contributed by atoms with Crippen molar-refractivity contribution >= 4 is 23.4 Å². The monoisotopic (exact) mass is 478 g/mol. The van der Waals surface area contributed by atoms with E-state index in [0.717, 1.165) is 41.0 Å². The first-order valence-electron chi connectivity index (χ1n) is 10.8. The van der Waals surface area contributed by atoms with Crippen molar-refractivity contribution < 1.29 is 9.47 Å². The van der Waals surface area contributed by atoms with Gasteiger partial charge in [-0.05, 0) is 54.8 Å². The van der Waals surface area contributed by atoms with Gasteiger partial charge in [0.25, 0.3) is 0 Å². The molecule has 0 bridgehead atoms. The van der Waals surface area contributed by atoms with Gasteiger partial charge >= 0.3 is 0 Å². The van der Waals surface area contributed by atoms with E-state index in [1.165, 1.54) is 5.56 Å². The second kappa shape index (κ2) is 10.3. The van der Waals surface area contributed by atoms with Crippen LogP contribution in [0.15, 0.2) is 78.1 Å². The second-order valence-electron chi connectivity index (χ2n) is 7.76. The van der Waals surface area contributed by atoms with Gasteiger partial charge in [-0.25, -0.2) is 0 Å². The number of benzene rings is 2. The molecule has 0 radical (unpaired) electrons. The molecule has 33 heavy (non-hydrogen) atoms. The normalized spacial score (nSPS) is 13.1. The molecule has 0 unspecified atom stereocenters. The van der Waals surface area contributed by atoms with Gasteiger partial charge in [-0.3, -0.25) is 9.55 Å². The first-order chi connectivity index (χ1) is 16.3. The van der Waals surface area contributed by atoms with Gasteiger partial charge in [-0.1, -0.05) is 53.7 Å². The predicted molar refractivity (Wildman–Crippen MR) is 129 cm³/mol. The van der Waals surface area contributed by atoms with Gasteiger partial charge in [0.1, 0.15) is 24.7 Å². The molecule has 2 heterocycles. The van der Waals surface area contributed by atoms with Crippen LogP contribution in [0.1, 0.15) is 36.0 Å². The third-order valence-electron chi connectivity index (χ3n) is 5.24. The molecule has 0 spiro atoms.